The fourth-order valence-corrected chi connectivity index (χ4v) is 2.63. The summed E-state index contributed by atoms with van der Waals surface area (Å²) in [7, 11) is 1.61. The Morgan fingerprint density at radius 3 is 2.38 bits per heavy atom. The Kier molecular flexibility index (Phi) is 5.17. The van der Waals surface area contributed by atoms with Crippen LogP contribution in [0.2, 0.25) is 0 Å². The second kappa shape index (κ2) is 6.89. The van der Waals surface area contributed by atoms with Crippen LogP contribution in [0.4, 0.5) is 14.5 Å². The molecule has 1 atom stereocenters. The third kappa shape index (κ3) is 3.73. The molecule has 2 rings (SSSR count). The van der Waals surface area contributed by atoms with Crippen molar-refractivity contribution in [3.63, 3.8) is 0 Å². The van der Waals surface area contributed by atoms with Gasteiger partial charge in [-0.25, -0.2) is 8.78 Å². The summed E-state index contributed by atoms with van der Waals surface area (Å²) in [5.41, 5.74) is 1.27. The molecule has 112 valence electrons. The molecule has 0 aliphatic carbocycles. The van der Waals surface area contributed by atoms with Gasteiger partial charge in [0, 0.05) is 10.5 Å². The smallest absolute Gasteiger partial charge is 0.150 e. The Labute approximate surface area is 131 Å². The van der Waals surface area contributed by atoms with Gasteiger partial charge in [0.15, 0.2) is 0 Å². The molecule has 0 radical (unpaired) electrons. The van der Waals surface area contributed by atoms with Crippen LogP contribution >= 0.6 is 15.9 Å². The molecule has 0 fully saturated rings. The van der Waals surface area contributed by atoms with E-state index in [2.05, 4.69) is 21.2 Å². The molecule has 0 heterocycles. The Bertz CT molecular complexity index is 593. The van der Waals surface area contributed by atoms with Crippen molar-refractivity contribution in [2.45, 2.75) is 19.4 Å². The number of halogens is 3. The zero-order valence-corrected chi connectivity index (χ0v) is 13.4. The molecule has 0 aromatic heterocycles. The third-order valence-electron chi connectivity index (χ3n) is 3.25. The van der Waals surface area contributed by atoms with E-state index in [9.17, 15) is 8.78 Å². The van der Waals surface area contributed by atoms with Crippen molar-refractivity contribution >= 4 is 21.6 Å². The van der Waals surface area contributed by atoms with Gasteiger partial charge >= 0.3 is 0 Å². The first-order chi connectivity index (χ1) is 10.0. The second-order valence-electron chi connectivity index (χ2n) is 4.62. The maximum absolute atomic E-state index is 13.9. The Morgan fingerprint density at radius 2 is 1.86 bits per heavy atom. The summed E-state index contributed by atoms with van der Waals surface area (Å²) in [5, 5.41) is 3.12. The van der Waals surface area contributed by atoms with E-state index in [0.29, 0.717) is 4.47 Å². The summed E-state index contributed by atoms with van der Waals surface area (Å²) in [5.74, 6) is -0.459. The van der Waals surface area contributed by atoms with E-state index in [-0.39, 0.29) is 11.7 Å². The number of nitrogens with one attached hydrogen (secondary N) is 1. The standard InChI is InChI=1S/C16H16BrF2NO/c1-3-15(10-4-6-12(21-2)7-5-10)20-16-13(17)8-11(18)9-14(16)19/h4-9,15,20H,3H2,1-2H3. The van der Waals surface area contributed by atoms with Crippen LogP contribution in [0.1, 0.15) is 24.9 Å². The molecule has 1 N–H and O–H groups in total. The number of rotatable bonds is 5. The van der Waals surface area contributed by atoms with Gasteiger partial charge in [-0.1, -0.05) is 19.1 Å². The number of hydrogen-bond donors (Lipinski definition) is 1. The molecule has 2 aromatic rings. The second-order valence-corrected chi connectivity index (χ2v) is 5.48. The summed E-state index contributed by atoms with van der Waals surface area (Å²) in [6.45, 7) is 2.00. The number of benzene rings is 2. The van der Waals surface area contributed by atoms with Gasteiger partial charge in [0.2, 0.25) is 0 Å². The van der Waals surface area contributed by atoms with Crippen molar-refractivity contribution in [1.82, 2.24) is 0 Å². The topological polar surface area (TPSA) is 21.3 Å². The molecule has 0 aliphatic rings. The molecule has 21 heavy (non-hydrogen) atoms. The SMILES string of the molecule is CCC(Nc1c(F)cc(F)cc1Br)c1ccc(OC)cc1. The maximum atomic E-state index is 13.9. The van der Waals surface area contributed by atoms with Crippen molar-refractivity contribution in [2.75, 3.05) is 12.4 Å². The highest BCUT2D eigenvalue weighted by atomic mass is 79.9. The largest absolute Gasteiger partial charge is 0.497 e. The van der Waals surface area contributed by atoms with Crippen LogP contribution in [0.3, 0.4) is 0 Å². The Balaban J connectivity index is 2.26. The van der Waals surface area contributed by atoms with Crippen LogP contribution in [0.15, 0.2) is 40.9 Å². The van der Waals surface area contributed by atoms with Crippen molar-refractivity contribution < 1.29 is 13.5 Å². The lowest BCUT2D eigenvalue weighted by atomic mass is 10.0. The van der Waals surface area contributed by atoms with E-state index in [1.165, 1.54) is 6.07 Å². The molecular weight excluding hydrogens is 340 g/mol. The average molecular weight is 356 g/mol. The van der Waals surface area contributed by atoms with Crippen molar-refractivity contribution in [2.24, 2.45) is 0 Å². The summed E-state index contributed by atoms with van der Waals surface area (Å²) in [6.07, 6.45) is 0.760. The van der Waals surface area contributed by atoms with Gasteiger partial charge < -0.3 is 10.1 Å². The van der Waals surface area contributed by atoms with Gasteiger partial charge in [-0.3, -0.25) is 0 Å². The van der Waals surface area contributed by atoms with Crippen LogP contribution in [0.25, 0.3) is 0 Å². The van der Waals surface area contributed by atoms with E-state index in [1.54, 1.807) is 7.11 Å². The quantitative estimate of drug-likeness (QED) is 0.785. The van der Waals surface area contributed by atoms with Crippen molar-refractivity contribution in [3.8, 4) is 5.75 Å². The Hall–Kier alpha value is -1.62. The predicted octanol–water partition coefficient (Wildman–Crippen LogP) is 5.30. The molecule has 0 spiro atoms. The summed E-state index contributed by atoms with van der Waals surface area (Å²) >= 11 is 3.19. The van der Waals surface area contributed by atoms with Crippen LogP contribution in [0.5, 0.6) is 5.75 Å². The average Bonchev–Trinajstić information content (AvgIpc) is 2.47. The highest BCUT2D eigenvalue weighted by molar-refractivity contribution is 9.10. The summed E-state index contributed by atoms with van der Waals surface area (Å²) < 4.78 is 32.5. The van der Waals surface area contributed by atoms with Gasteiger partial charge in [-0.2, -0.15) is 0 Å². The number of ether oxygens (including phenoxy) is 1. The zero-order valence-electron chi connectivity index (χ0n) is 11.8. The molecule has 5 heteroatoms. The number of anilines is 1. The molecule has 2 nitrogen and oxygen atoms in total. The lowest BCUT2D eigenvalue weighted by molar-refractivity contribution is 0.414. The van der Waals surface area contributed by atoms with Crippen LogP contribution in [-0.4, -0.2) is 7.11 Å². The molecule has 0 saturated heterocycles. The minimum Gasteiger partial charge on any atom is -0.497 e. The first-order valence-electron chi connectivity index (χ1n) is 6.60. The molecule has 0 amide bonds. The van der Waals surface area contributed by atoms with Crippen molar-refractivity contribution in [1.29, 1.82) is 0 Å². The third-order valence-corrected chi connectivity index (χ3v) is 3.88. The van der Waals surface area contributed by atoms with E-state index in [0.717, 1.165) is 23.8 Å². The first-order valence-corrected chi connectivity index (χ1v) is 7.39. The molecule has 0 aliphatic heterocycles. The maximum Gasteiger partial charge on any atom is 0.150 e. The molecule has 0 bridgehead atoms. The lowest BCUT2D eigenvalue weighted by Crippen LogP contribution is -2.11. The molecule has 2 aromatic carbocycles. The zero-order chi connectivity index (χ0) is 15.4. The monoisotopic (exact) mass is 355 g/mol. The predicted molar refractivity (Wildman–Crippen MR) is 83.7 cm³/mol. The van der Waals surface area contributed by atoms with Gasteiger partial charge in [0.25, 0.3) is 0 Å². The van der Waals surface area contributed by atoms with Gasteiger partial charge in [0.1, 0.15) is 17.4 Å². The minimum absolute atomic E-state index is 0.0767. The van der Waals surface area contributed by atoms with Crippen molar-refractivity contribution in [3.05, 3.63) is 58.1 Å². The van der Waals surface area contributed by atoms with Gasteiger partial charge in [0.05, 0.1) is 18.8 Å². The van der Waals surface area contributed by atoms with Crippen LogP contribution in [-0.2, 0) is 0 Å². The summed E-state index contributed by atoms with van der Waals surface area (Å²) in [4.78, 5) is 0. The van der Waals surface area contributed by atoms with Gasteiger partial charge in [-0.15, -0.1) is 0 Å². The molecule has 0 saturated carbocycles. The number of methoxy groups -OCH3 is 1. The highest BCUT2D eigenvalue weighted by Gasteiger charge is 2.15. The fourth-order valence-electron chi connectivity index (χ4n) is 2.11. The Morgan fingerprint density at radius 1 is 1.19 bits per heavy atom. The lowest BCUT2D eigenvalue weighted by Gasteiger charge is -2.20. The van der Waals surface area contributed by atoms with Crippen LogP contribution in [0, 0.1) is 11.6 Å². The van der Waals surface area contributed by atoms with Crippen LogP contribution < -0.4 is 10.1 Å². The highest BCUT2D eigenvalue weighted by Crippen LogP contribution is 2.32. The fraction of sp³-hybridized carbons (Fsp3) is 0.250. The van der Waals surface area contributed by atoms with E-state index in [4.69, 9.17) is 4.74 Å². The summed E-state index contributed by atoms with van der Waals surface area (Å²) in [6, 6.07) is 9.60. The minimum atomic E-state index is -0.617. The molecular formula is C16H16BrF2NO. The van der Waals surface area contributed by atoms with Gasteiger partial charge in [-0.05, 0) is 46.1 Å². The normalized spacial score (nSPS) is 12.0. The van der Waals surface area contributed by atoms with E-state index < -0.39 is 11.6 Å². The van der Waals surface area contributed by atoms with E-state index in [1.807, 2.05) is 31.2 Å². The number of hydrogen-bond acceptors (Lipinski definition) is 2. The van der Waals surface area contributed by atoms with E-state index >= 15 is 0 Å². The first kappa shape index (κ1) is 15.8. The molecule has 1 unspecified atom stereocenters.